The lowest BCUT2D eigenvalue weighted by Gasteiger charge is -2.09. The third-order valence-electron chi connectivity index (χ3n) is 2.63. The summed E-state index contributed by atoms with van der Waals surface area (Å²) in [6.07, 6.45) is 0.158. The maximum atomic E-state index is 12.9. The summed E-state index contributed by atoms with van der Waals surface area (Å²) < 4.78 is 18.2. The number of rotatable bonds is 5. The van der Waals surface area contributed by atoms with Crippen molar-refractivity contribution in [3.63, 3.8) is 0 Å². The predicted molar refractivity (Wildman–Crippen MR) is 76.0 cm³/mol. The molecule has 104 valence electrons. The average molecular weight is 274 g/mol. The largest absolute Gasteiger partial charge is 0.493 e. The average Bonchev–Trinajstić information content (AvgIpc) is 2.41. The van der Waals surface area contributed by atoms with Gasteiger partial charge in [0, 0.05) is 6.07 Å². The van der Waals surface area contributed by atoms with Crippen LogP contribution in [0.25, 0.3) is 0 Å². The molecule has 3 N–H and O–H groups in total. The Morgan fingerprint density at radius 2 is 2.00 bits per heavy atom. The van der Waals surface area contributed by atoms with Gasteiger partial charge in [-0.25, -0.2) is 4.39 Å². The molecular weight excluding hydrogens is 259 g/mol. The highest BCUT2D eigenvalue weighted by molar-refractivity contribution is 5.93. The third kappa shape index (κ3) is 3.98. The number of hydrogen-bond donors (Lipinski definition) is 2. The van der Waals surface area contributed by atoms with Crippen molar-refractivity contribution in [1.82, 2.24) is 0 Å². The van der Waals surface area contributed by atoms with Gasteiger partial charge in [-0.3, -0.25) is 4.79 Å². The van der Waals surface area contributed by atoms with Crippen molar-refractivity contribution in [3.8, 4) is 5.75 Å². The molecule has 0 radical (unpaired) electrons. The van der Waals surface area contributed by atoms with Gasteiger partial charge in [-0.1, -0.05) is 18.2 Å². The molecule has 4 nitrogen and oxygen atoms in total. The topological polar surface area (TPSA) is 64.3 Å². The lowest BCUT2D eigenvalue weighted by atomic mass is 10.2. The van der Waals surface area contributed by atoms with Crippen LogP contribution in [-0.4, -0.2) is 12.5 Å². The smallest absolute Gasteiger partial charge is 0.227 e. The molecule has 5 heteroatoms. The van der Waals surface area contributed by atoms with Crippen LogP contribution in [0.15, 0.2) is 48.5 Å². The predicted octanol–water partition coefficient (Wildman–Crippen LogP) is 2.82. The number of ether oxygens (including phenoxy) is 1. The molecule has 0 aliphatic carbocycles. The van der Waals surface area contributed by atoms with Gasteiger partial charge < -0.3 is 15.8 Å². The van der Waals surface area contributed by atoms with Crippen molar-refractivity contribution in [2.75, 3.05) is 17.7 Å². The van der Waals surface area contributed by atoms with E-state index in [1.807, 2.05) is 0 Å². The fraction of sp³-hybridized carbons (Fsp3) is 0.133. The van der Waals surface area contributed by atoms with Crippen LogP contribution in [0.3, 0.4) is 0 Å². The Morgan fingerprint density at radius 3 is 2.75 bits per heavy atom. The van der Waals surface area contributed by atoms with Crippen molar-refractivity contribution in [2.24, 2.45) is 0 Å². The van der Waals surface area contributed by atoms with Crippen LogP contribution >= 0.6 is 0 Å². The zero-order valence-electron chi connectivity index (χ0n) is 10.8. The van der Waals surface area contributed by atoms with E-state index < -0.39 is 0 Å². The molecule has 0 saturated heterocycles. The number of anilines is 2. The molecule has 0 bridgehead atoms. The van der Waals surface area contributed by atoms with Gasteiger partial charge in [0.15, 0.2) is 0 Å². The number of halogens is 1. The first kappa shape index (κ1) is 13.9. The summed E-state index contributed by atoms with van der Waals surface area (Å²) >= 11 is 0. The molecule has 0 aliphatic heterocycles. The van der Waals surface area contributed by atoms with Crippen LogP contribution in [0.2, 0.25) is 0 Å². The maximum Gasteiger partial charge on any atom is 0.227 e. The molecule has 0 atom stereocenters. The molecule has 0 heterocycles. The van der Waals surface area contributed by atoms with Gasteiger partial charge in [-0.2, -0.15) is 0 Å². The summed E-state index contributed by atoms with van der Waals surface area (Å²) in [4.78, 5) is 11.7. The van der Waals surface area contributed by atoms with Gasteiger partial charge >= 0.3 is 0 Å². The standard InChI is InChI=1S/C15H15FN2O2/c16-11-4-3-5-12(10-11)20-9-8-15(19)18-14-7-2-1-6-13(14)17/h1-7,10H,8-9,17H2,(H,18,19). The van der Waals surface area contributed by atoms with E-state index in [-0.39, 0.29) is 24.8 Å². The third-order valence-corrected chi connectivity index (χ3v) is 2.63. The normalized spacial score (nSPS) is 10.1. The van der Waals surface area contributed by atoms with Gasteiger partial charge in [0.1, 0.15) is 11.6 Å². The molecule has 2 aromatic carbocycles. The van der Waals surface area contributed by atoms with E-state index in [2.05, 4.69) is 5.32 Å². The lowest BCUT2D eigenvalue weighted by Crippen LogP contribution is -2.16. The molecule has 0 unspecified atom stereocenters. The summed E-state index contributed by atoms with van der Waals surface area (Å²) in [6.45, 7) is 0.169. The van der Waals surface area contributed by atoms with Crippen molar-refractivity contribution < 1.29 is 13.9 Å². The van der Waals surface area contributed by atoms with Crippen molar-refractivity contribution in [3.05, 3.63) is 54.3 Å². The molecule has 2 rings (SSSR count). The number of nitrogen functional groups attached to an aromatic ring is 1. The fourth-order valence-corrected chi connectivity index (χ4v) is 1.64. The molecule has 0 aliphatic rings. The van der Waals surface area contributed by atoms with E-state index in [0.29, 0.717) is 17.1 Å². The number of nitrogens with two attached hydrogens (primary N) is 1. The van der Waals surface area contributed by atoms with E-state index in [1.165, 1.54) is 12.1 Å². The first-order valence-electron chi connectivity index (χ1n) is 6.18. The summed E-state index contributed by atoms with van der Waals surface area (Å²) in [5.74, 6) is -0.180. The highest BCUT2D eigenvalue weighted by atomic mass is 19.1. The number of carbonyl (C=O) groups is 1. The second-order valence-electron chi connectivity index (χ2n) is 4.19. The second-order valence-corrected chi connectivity index (χ2v) is 4.19. The van der Waals surface area contributed by atoms with E-state index in [9.17, 15) is 9.18 Å². The quantitative estimate of drug-likeness (QED) is 0.824. The van der Waals surface area contributed by atoms with Crippen LogP contribution in [0.5, 0.6) is 5.75 Å². The molecular formula is C15H15FN2O2. The molecule has 2 aromatic rings. The fourth-order valence-electron chi connectivity index (χ4n) is 1.64. The Labute approximate surface area is 116 Å². The Morgan fingerprint density at radius 1 is 1.20 bits per heavy atom. The minimum atomic E-state index is -0.371. The van der Waals surface area contributed by atoms with E-state index >= 15 is 0 Å². The van der Waals surface area contributed by atoms with Crippen LogP contribution < -0.4 is 15.8 Å². The summed E-state index contributed by atoms with van der Waals surface area (Å²) in [5.41, 5.74) is 6.80. The minimum Gasteiger partial charge on any atom is -0.493 e. The Bertz CT molecular complexity index is 602. The number of para-hydroxylation sites is 2. The first-order valence-corrected chi connectivity index (χ1v) is 6.18. The first-order chi connectivity index (χ1) is 9.65. The highest BCUT2D eigenvalue weighted by Gasteiger charge is 2.05. The second kappa shape index (κ2) is 6.56. The van der Waals surface area contributed by atoms with E-state index in [1.54, 1.807) is 36.4 Å². The van der Waals surface area contributed by atoms with Crippen LogP contribution in [0, 0.1) is 5.82 Å². The van der Waals surface area contributed by atoms with Gasteiger partial charge in [-0.05, 0) is 24.3 Å². The summed E-state index contributed by atoms with van der Waals surface area (Å²) in [5, 5.41) is 2.69. The highest BCUT2D eigenvalue weighted by Crippen LogP contribution is 2.17. The monoisotopic (exact) mass is 274 g/mol. The Balaban J connectivity index is 1.80. The summed E-state index contributed by atoms with van der Waals surface area (Å²) in [6, 6.07) is 12.8. The van der Waals surface area contributed by atoms with E-state index in [4.69, 9.17) is 10.5 Å². The molecule has 0 aromatic heterocycles. The molecule has 0 saturated carbocycles. The van der Waals surface area contributed by atoms with Crippen LogP contribution in [0.4, 0.5) is 15.8 Å². The van der Waals surface area contributed by atoms with Gasteiger partial charge in [0.25, 0.3) is 0 Å². The molecule has 20 heavy (non-hydrogen) atoms. The number of nitrogens with one attached hydrogen (secondary N) is 1. The van der Waals surface area contributed by atoms with Gasteiger partial charge in [0.2, 0.25) is 5.91 Å². The van der Waals surface area contributed by atoms with Crippen molar-refractivity contribution >= 4 is 17.3 Å². The number of amides is 1. The van der Waals surface area contributed by atoms with Crippen molar-refractivity contribution in [1.29, 1.82) is 0 Å². The summed E-state index contributed by atoms with van der Waals surface area (Å²) in [7, 11) is 0. The number of carbonyl (C=O) groups excluding carboxylic acids is 1. The lowest BCUT2D eigenvalue weighted by molar-refractivity contribution is -0.116. The number of benzene rings is 2. The van der Waals surface area contributed by atoms with Crippen LogP contribution in [-0.2, 0) is 4.79 Å². The zero-order valence-corrected chi connectivity index (χ0v) is 10.8. The van der Waals surface area contributed by atoms with E-state index in [0.717, 1.165) is 0 Å². The SMILES string of the molecule is Nc1ccccc1NC(=O)CCOc1cccc(F)c1. The Kier molecular flexibility index (Phi) is 4.55. The Hall–Kier alpha value is -2.56. The van der Waals surface area contributed by atoms with Crippen molar-refractivity contribution in [2.45, 2.75) is 6.42 Å². The van der Waals surface area contributed by atoms with Crippen LogP contribution in [0.1, 0.15) is 6.42 Å². The van der Waals surface area contributed by atoms with Gasteiger partial charge in [-0.15, -0.1) is 0 Å². The number of hydrogen-bond acceptors (Lipinski definition) is 3. The van der Waals surface area contributed by atoms with Gasteiger partial charge in [0.05, 0.1) is 24.4 Å². The molecule has 0 fully saturated rings. The zero-order chi connectivity index (χ0) is 14.4. The molecule has 1 amide bonds. The minimum absolute atomic E-state index is 0.158. The molecule has 0 spiro atoms. The maximum absolute atomic E-state index is 12.9.